The molecule has 126 valence electrons. The zero-order valence-corrected chi connectivity index (χ0v) is 14.1. The second-order valence-corrected chi connectivity index (χ2v) is 4.56. The predicted octanol–water partition coefficient (Wildman–Crippen LogP) is 1.53. The number of nitrogens with two attached hydrogens (primary N) is 1. The molecule has 0 aliphatic heterocycles. The van der Waals surface area contributed by atoms with Gasteiger partial charge in [-0.1, -0.05) is 0 Å². The third-order valence-corrected chi connectivity index (χ3v) is 3.04. The Morgan fingerprint density at radius 1 is 1.09 bits per heavy atom. The lowest BCUT2D eigenvalue weighted by atomic mass is 10.1. The van der Waals surface area contributed by atoms with Crippen LogP contribution < -0.4 is 25.3 Å². The van der Waals surface area contributed by atoms with Crippen LogP contribution in [0.5, 0.6) is 17.2 Å². The standard InChI is InChI=1S/C15H24N2O4.ClH/c1-19-12-8-11(9-13(20-2)15(12)21-3)10-14(18)17-7-5-4-6-16;/h8-9H,4-7,10,16H2,1-3H3,(H,17,18);1H. The van der Waals surface area contributed by atoms with E-state index in [9.17, 15) is 4.79 Å². The summed E-state index contributed by atoms with van der Waals surface area (Å²) in [6.45, 7) is 1.28. The van der Waals surface area contributed by atoms with Crippen LogP contribution in [0.15, 0.2) is 12.1 Å². The number of methoxy groups -OCH3 is 3. The van der Waals surface area contributed by atoms with E-state index in [-0.39, 0.29) is 24.7 Å². The molecule has 1 aromatic rings. The van der Waals surface area contributed by atoms with Crippen LogP contribution in [0.4, 0.5) is 0 Å². The van der Waals surface area contributed by atoms with E-state index < -0.39 is 0 Å². The number of amides is 1. The molecule has 0 saturated heterocycles. The predicted molar refractivity (Wildman–Crippen MR) is 88.3 cm³/mol. The van der Waals surface area contributed by atoms with E-state index in [4.69, 9.17) is 19.9 Å². The van der Waals surface area contributed by atoms with Crippen LogP contribution in [0.3, 0.4) is 0 Å². The summed E-state index contributed by atoms with van der Waals surface area (Å²) in [5.74, 6) is 1.57. The molecule has 0 aliphatic rings. The average Bonchev–Trinajstić information content (AvgIpc) is 2.50. The third kappa shape index (κ3) is 5.99. The van der Waals surface area contributed by atoms with Crippen molar-refractivity contribution in [2.45, 2.75) is 19.3 Å². The number of ether oxygens (including phenoxy) is 3. The Morgan fingerprint density at radius 3 is 2.14 bits per heavy atom. The number of nitrogens with one attached hydrogen (secondary N) is 1. The molecule has 0 atom stereocenters. The zero-order chi connectivity index (χ0) is 15.7. The Morgan fingerprint density at radius 2 is 1.68 bits per heavy atom. The third-order valence-electron chi connectivity index (χ3n) is 3.04. The van der Waals surface area contributed by atoms with Gasteiger partial charge in [-0.25, -0.2) is 0 Å². The first kappa shape index (κ1) is 20.3. The first-order valence-electron chi connectivity index (χ1n) is 6.91. The average molecular weight is 333 g/mol. The van der Waals surface area contributed by atoms with Crippen molar-refractivity contribution >= 4 is 18.3 Å². The van der Waals surface area contributed by atoms with Crippen LogP contribution in [0.25, 0.3) is 0 Å². The molecular formula is C15H25ClN2O4. The lowest BCUT2D eigenvalue weighted by Crippen LogP contribution is -2.26. The van der Waals surface area contributed by atoms with Crippen LogP contribution in [0, 0.1) is 0 Å². The normalized spacial score (nSPS) is 9.64. The van der Waals surface area contributed by atoms with E-state index in [1.807, 2.05) is 0 Å². The fourth-order valence-electron chi connectivity index (χ4n) is 1.98. The van der Waals surface area contributed by atoms with Crippen LogP contribution in [-0.2, 0) is 11.2 Å². The molecule has 0 saturated carbocycles. The van der Waals surface area contributed by atoms with Gasteiger partial charge in [0.1, 0.15) is 0 Å². The summed E-state index contributed by atoms with van der Waals surface area (Å²) < 4.78 is 15.8. The number of benzene rings is 1. The van der Waals surface area contributed by atoms with Gasteiger partial charge >= 0.3 is 0 Å². The monoisotopic (exact) mass is 332 g/mol. The highest BCUT2D eigenvalue weighted by atomic mass is 35.5. The van der Waals surface area contributed by atoms with Gasteiger partial charge in [0.25, 0.3) is 0 Å². The summed E-state index contributed by atoms with van der Waals surface area (Å²) in [6.07, 6.45) is 2.06. The Hall–Kier alpha value is -1.66. The molecule has 0 aliphatic carbocycles. The van der Waals surface area contributed by atoms with Crippen LogP contribution in [0.2, 0.25) is 0 Å². The van der Waals surface area contributed by atoms with Crippen molar-refractivity contribution in [3.05, 3.63) is 17.7 Å². The summed E-state index contributed by atoms with van der Waals surface area (Å²) in [5, 5.41) is 2.86. The SMILES string of the molecule is COc1cc(CC(=O)NCCCCN)cc(OC)c1OC.Cl. The molecule has 1 aromatic carbocycles. The zero-order valence-electron chi connectivity index (χ0n) is 13.3. The number of hydrogen-bond donors (Lipinski definition) is 2. The van der Waals surface area contributed by atoms with Crippen molar-refractivity contribution < 1.29 is 19.0 Å². The molecule has 0 radical (unpaired) electrons. The number of unbranched alkanes of at least 4 members (excludes halogenated alkanes) is 1. The molecule has 1 rings (SSSR count). The maximum Gasteiger partial charge on any atom is 0.224 e. The Balaban J connectivity index is 0.00000441. The number of rotatable bonds is 9. The van der Waals surface area contributed by atoms with Crippen LogP contribution in [-0.4, -0.2) is 40.3 Å². The maximum absolute atomic E-state index is 11.9. The minimum atomic E-state index is -0.0405. The van der Waals surface area contributed by atoms with Gasteiger partial charge in [0, 0.05) is 6.54 Å². The van der Waals surface area contributed by atoms with Gasteiger partial charge in [-0.2, -0.15) is 0 Å². The molecule has 6 nitrogen and oxygen atoms in total. The van der Waals surface area contributed by atoms with E-state index in [1.54, 1.807) is 33.5 Å². The Labute approximate surface area is 137 Å². The van der Waals surface area contributed by atoms with Crippen molar-refractivity contribution in [1.29, 1.82) is 0 Å². The van der Waals surface area contributed by atoms with E-state index in [0.29, 0.717) is 30.3 Å². The molecule has 0 heterocycles. The highest BCUT2D eigenvalue weighted by Crippen LogP contribution is 2.38. The van der Waals surface area contributed by atoms with Crippen molar-refractivity contribution in [1.82, 2.24) is 5.32 Å². The lowest BCUT2D eigenvalue weighted by Gasteiger charge is -2.14. The molecule has 22 heavy (non-hydrogen) atoms. The molecule has 1 amide bonds. The summed E-state index contributed by atoms with van der Waals surface area (Å²) in [4.78, 5) is 11.9. The summed E-state index contributed by atoms with van der Waals surface area (Å²) in [7, 11) is 4.64. The van der Waals surface area contributed by atoms with E-state index in [1.165, 1.54) is 0 Å². The van der Waals surface area contributed by atoms with Gasteiger partial charge in [-0.15, -0.1) is 12.4 Å². The molecule has 0 unspecified atom stereocenters. The smallest absolute Gasteiger partial charge is 0.224 e. The highest BCUT2D eigenvalue weighted by Gasteiger charge is 2.14. The Bertz CT molecular complexity index is 444. The van der Waals surface area contributed by atoms with Gasteiger partial charge < -0.3 is 25.3 Å². The van der Waals surface area contributed by atoms with Gasteiger partial charge in [-0.05, 0) is 37.1 Å². The van der Waals surface area contributed by atoms with Crippen LogP contribution >= 0.6 is 12.4 Å². The van der Waals surface area contributed by atoms with Crippen molar-refractivity contribution in [2.24, 2.45) is 5.73 Å². The fourth-order valence-corrected chi connectivity index (χ4v) is 1.98. The summed E-state index contributed by atoms with van der Waals surface area (Å²) in [5.41, 5.74) is 6.21. The number of halogens is 1. The number of carbonyl (C=O) groups is 1. The molecule has 0 aromatic heterocycles. The van der Waals surface area contributed by atoms with Crippen molar-refractivity contribution in [3.63, 3.8) is 0 Å². The largest absolute Gasteiger partial charge is 0.493 e. The molecule has 3 N–H and O–H groups in total. The van der Waals surface area contributed by atoms with Gasteiger partial charge in [0.15, 0.2) is 11.5 Å². The van der Waals surface area contributed by atoms with Gasteiger partial charge in [0.2, 0.25) is 11.7 Å². The second-order valence-electron chi connectivity index (χ2n) is 4.56. The Kier molecular flexibility index (Phi) is 10.2. The minimum absolute atomic E-state index is 0. The highest BCUT2D eigenvalue weighted by molar-refractivity contribution is 5.85. The van der Waals surface area contributed by atoms with E-state index >= 15 is 0 Å². The quantitative estimate of drug-likeness (QED) is 0.670. The van der Waals surface area contributed by atoms with Crippen LogP contribution in [0.1, 0.15) is 18.4 Å². The maximum atomic E-state index is 11.9. The molecule has 0 spiro atoms. The van der Waals surface area contributed by atoms with E-state index in [2.05, 4.69) is 5.32 Å². The van der Waals surface area contributed by atoms with E-state index in [0.717, 1.165) is 18.4 Å². The topological polar surface area (TPSA) is 82.8 Å². The fraction of sp³-hybridized carbons (Fsp3) is 0.533. The second kappa shape index (κ2) is 11.0. The van der Waals surface area contributed by atoms with Crippen molar-refractivity contribution in [3.8, 4) is 17.2 Å². The molecule has 7 heteroatoms. The first-order valence-corrected chi connectivity index (χ1v) is 6.91. The van der Waals surface area contributed by atoms with Gasteiger partial charge in [-0.3, -0.25) is 4.79 Å². The van der Waals surface area contributed by atoms with Gasteiger partial charge in [0.05, 0.1) is 27.8 Å². The first-order chi connectivity index (χ1) is 10.2. The number of hydrogen-bond acceptors (Lipinski definition) is 5. The minimum Gasteiger partial charge on any atom is -0.493 e. The summed E-state index contributed by atoms with van der Waals surface area (Å²) in [6, 6.07) is 3.56. The molecule has 0 bridgehead atoms. The molecule has 0 fully saturated rings. The lowest BCUT2D eigenvalue weighted by molar-refractivity contribution is -0.120. The number of carbonyl (C=O) groups excluding carboxylic acids is 1. The summed E-state index contributed by atoms with van der Waals surface area (Å²) >= 11 is 0. The molecular weight excluding hydrogens is 308 g/mol. The van der Waals surface area contributed by atoms with Crippen molar-refractivity contribution in [2.75, 3.05) is 34.4 Å².